The topological polar surface area (TPSA) is 113 Å². The van der Waals surface area contributed by atoms with Crippen molar-refractivity contribution in [3.63, 3.8) is 0 Å². The first-order chi connectivity index (χ1) is 23.8. The number of aliphatic imine (C=N–C) groups is 2. The summed E-state index contributed by atoms with van der Waals surface area (Å²) in [5.41, 5.74) is 5.02. The van der Waals surface area contributed by atoms with Crippen molar-refractivity contribution in [2.24, 2.45) is 9.98 Å². The molecule has 10 heteroatoms. The fraction of sp³-hybridized carbons (Fsp3) is 0.564. The van der Waals surface area contributed by atoms with Crippen LogP contribution in [0.25, 0.3) is 5.70 Å². The number of amides is 2. The van der Waals surface area contributed by atoms with E-state index in [1.165, 1.54) is 6.42 Å². The van der Waals surface area contributed by atoms with E-state index in [0.717, 1.165) is 88.1 Å². The number of likely N-dealkylation sites (tertiary alicyclic amines) is 1. The summed E-state index contributed by atoms with van der Waals surface area (Å²) in [7, 11) is 0. The van der Waals surface area contributed by atoms with Gasteiger partial charge in [0.1, 0.15) is 0 Å². The molecule has 2 amide bonds. The lowest BCUT2D eigenvalue weighted by Crippen LogP contribution is -2.39. The number of rotatable bonds is 12. The Morgan fingerprint density at radius 2 is 1.78 bits per heavy atom. The summed E-state index contributed by atoms with van der Waals surface area (Å²) in [6.45, 7) is 17.7. The smallest absolute Gasteiger partial charge is 0.257 e. The van der Waals surface area contributed by atoms with Gasteiger partial charge < -0.3 is 15.4 Å². The summed E-state index contributed by atoms with van der Waals surface area (Å²) < 4.78 is 7.53. The van der Waals surface area contributed by atoms with E-state index in [-0.39, 0.29) is 17.9 Å². The van der Waals surface area contributed by atoms with Crippen LogP contribution >= 0.6 is 0 Å². The average molecular weight is 674 g/mol. The van der Waals surface area contributed by atoms with Gasteiger partial charge in [0.2, 0.25) is 5.91 Å². The second-order valence-corrected chi connectivity index (χ2v) is 12.8. The lowest BCUT2D eigenvalue weighted by molar-refractivity contribution is -0.121. The fourth-order valence-corrected chi connectivity index (χ4v) is 5.70. The van der Waals surface area contributed by atoms with E-state index < -0.39 is 0 Å². The van der Waals surface area contributed by atoms with Gasteiger partial charge in [-0.3, -0.25) is 29.2 Å². The maximum absolute atomic E-state index is 13.8. The number of piperidine rings is 1. The van der Waals surface area contributed by atoms with Crippen molar-refractivity contribution >= 4 is 29.9 Å². The molecule has 268 valence electrons. The van der Waals surface area contributed by atoms with Crippen LogP contribution in [0.2, 0.25) is 0 Å². The summed E-state index contributed by atoms with van der Waals surface area (Å²) in [5, 5.41) is 10.8. The molecule has 4 rings (SSSR count). The number of aromatic nitrogens is 2. The van der Waals surface area contributed by atoms with Crippen molar-refractivity contribution in [3.05, 3.63) is 70.4 Å². The third kappa shape index (κ3) is 12.8. The minimum Gasteiger partial charge on any atom is -0.381 e. The van der Waals surface area contributed by atoms with Gasteiger partial charge in [0.25, 0.3) is 5.91 Å². The Bertz CT molecular complexity index is 1440. The van der Waals surface area contributed by atoms with Crippen LogP contribution in [0.3, 0.4) is 0 Å². The zero-order valence-electron chi connectivity index (χ0n) is 30.9. The van der Waals surface area contributed by atoms with E-state index in [9.17, 15) is 9.59 Å². The number of hydrogen-bond acceptors (Lipinski definition) is 7. The summed E-state index contributed by atoms with van der Waals surface area (Å²) in [4.78, 5) is 38.6. The number of nitrogens with zero attached hydrogens (tertiary/aromatic N) is 5. The molecule has 10 nitrogen and oxygen atoms in total. The SMILES string of the molecule is CC.CCC/C=C/C(=C\C(NC(=O)\C1=C(C)/C=N\C(c2cnn(C3CCOCC3)c2)=C/C(CC)N=C1)=C(C)C)NC(=O)CN1CCCCC1. The van der Waals surface area contributed by atoms with E-state index in [1.807, 2.05) is 76.0 Å². The third-order valence-electron chi connectivity index (χ3n) is 8.63. The highest BCUT2D eigenvalue weighted by atomic mass is 16.5. The number of carbonyl (C=O) groups excluding carboxylic acids is 2. The molecule has 4 heterocycles. The average Bonchev–Trinajstić information content (AvgIpc) is 3.63. The zero-order valence-corrected chi connectivity index (χ0v) is 30.9. The van der Waals surface area contributed by atoms with Crippen molar-refractivity contribution in [1.82, 2.24) is 25.3 Å². The molecule has 2 N–H and O–H groups in total. The molecule has 0 bridgehead atoms. The highest BCUT2D eigenvalue weighted by molar-refractivity contribution is 6.17. The highest BCUT2D eigenvalue weighted by Crippen LogP contribution is 2.25. The molecule has 2 fully saturated rings. The molecule has 0 aromatic carbocycles. The van der Waals surface area contributed by atoms with Gasteiger partial charge in [-0.2, -0.15) is 5.10 Å². The highest BCUT2D eigenvalue weighted by Gasteiger charge is 2.20. The summed E-state index contributed by atoms with van der Waals surface area (Å²) in [6, 6.07) is 0.162. The minimum absolute atomic E-state index is 0.0518. The van der Waals surface area contributed by atoms with E-state index in [0.29, 0.717) is 35.1 Å². The first-order valence-electron chi connectivity index (χ1n) is 18.3. The van der Waals surface area contributed by atoms with Gasteiger partial charge in [-0.25, -0.2) is 0 Å². The number of nitrogens with one attached hydrogen (secondary N) is 2. The lowest BCUT2D eigenvalue weighted by Gasteiger charge is -2.25. The van der Waals surface area contributed by atoms with Crippen molar-refractivity contribution in [1.29, 1.82) is 0 Å². The van der Waals surface area contributed by atoms with Gasteiger partial charge in [-0.1, -0.05) is 52.2 Å². The lowest BCUT2D eigenvalue weighted by atomic mass is 10.1. The molecule has 0 saturated carbocycles. The molecular weight excluding hydrogens is 614 g/mol. The molecule has 0 aliphatic carbocycles. The summed E-state index contributed by atoms with van der Waals surface area (Å²) >= 11 is 0. The van der Waals surface area contributed by atoms with Crippen LogP contribution in [0.5, 0.6) is 0 Å². The standard InChI is InChI=1S/C37H53N7O3.C2H6/c1-6-8-10-13-31(41-36(45)26-43-16-11-9-12-17-43)21-34(27(3)4)42-37(46)33-24-38-30(7-2)20-35(39-22-28(33)5)29-23-40-44(25-29)32-14-18-47-19-15-32;1-2/h10,13,20-25,30,32H,6-9,11-12,14-19,26H2,1-5H3,(H,41,45)(H,42,46);1-2H3/b13-10+,31-21+,33-28-,35-20-,38-24?,39-22-;. The predicted molar refractivity (Wildman–Crippen MR) is 201 cm³/mol. The van der Waals surface area contributed by atoms with Gasteiger partial charge in [0.15, 0.2) is 0 Å². The minimum atomic E-state index is -0.285. The predicted octanol–water partition coefficient (Wildman–Crippen LogP) is 7.10. The van der Waals surface area contributed by atoms with E-state index in [2.05, 4.69) is 34.5 Å². The van der Waals surface area contributed by atoms with Gasteiger partial charge in [0.05, 0.1) is 36.1 Å². The molecule has 3 aliphatic heterocycles. The Labute approximate surface area is 294 Å². The molecule has 2 saturated heterocycles. The fourth-order valence-electron chi connectivity index (χ4n) is 5.70. The maximum atomic E-state index is 13.8. The van der Waals surface area contributed by atoms with E-state index >= 15 is 0 Å². The Balaban J connectivity index is 0.00000319. The molecule has 49 heavy (non-hydrogen) atoms. The summed E-state index contributed by atoms with van der Waals surface area (Å²) in [5.74, 6) is -0.337. The molecule has 1 aromatic rings. The monoisotopic (exact) mass is 673 g/mol. The molecule has 3 aliphatic rings. The number of unbranched alkanes of at least 4 members (excludes halogenated alkanes) is 1. The number of allylic oxidation sites excluding steroid dienone is 5. The van der Waals surface area contributed by atoms with Crippen LogP contribution in [-0.4, -0.2) is 77.8 Å². The quantitative estimate of drug-likeness (QED) is 0.230. The molecule has 1 aromatic heterocycles. The third-order valence-corrected chi connectivity index (χ3v) is 8.63. The van der Waals surface area contributed by atoms with Crippen LogP contribution in [-0.2, 0) is 14.3 Å². The van der Waals surface area contributed by atoms with Crippen LogP contribution in [0, 0.1) is 0 Å². The Morgan fingerprint density at radius 3 is 2.45 bits per heavy atom. The summed E-state index contributed by atoms with van der Waals surface area (Å²) in [6.07, 6.45) is 23.1. The molecule has 1 atom stereocenters. The van der Waals surface area contributed by atoms with Crippen LogP contribution in [0.1, 0.15) is 111 Å². The number of ether oxygens (including phenoxy) is 1. The Hall–Kier alpha value is -3.89. The van der Waals surface area contributed by atoms with Crippen molar-refractivity contribution in [2.45, 2.75) is 112 Å². The zero-order chi connectivity index (χ0) is 35.6. The molecular formula is C39H59N7O3. The molecule has 1 unspecified atom stereocenters. The van der Waals surface area contributed by atoms with Crippen molar-refractivity contribution in [3.8, 4) is 0 Å². The van der Waals surface area contributed by atoms with E-state index in [4.69, 9.17) is 14.7 Å². The maximum Gasteiger partial charge on any atom is 0.257 e. The van der Waals surface area contributed by atoms with Gasteiger partial charge >= 0.3 is 0 Å². The van der Waals surface area contributed by atoms with Crippen LogP contribution < -0.4 is 10.6 Å². The molecule has 0 radical (unpaired) electrons. The van der Waals surface area contributed by atoms with Crippen LogP contribution in [0.15, 0.2) is 74.8 Å². The van der Waals surface area contributed by atoms with Gasteiger partial charge in [-0.05, 0) is 96.2 Å². The van der Waals surface area contributed by atoms with E-state index in [1.54, 1.807) is 12.4 Å². The molecule has 0 spiro atoms. The van der Waals surface area contributed by atoms with Gasteiger partial charge in [-0.15, -0.1) is 0 Å². The van der Waals surface area contributed by atoms with Crippen molar-refractivity contribution in [2.75, 3.05) is 32.8 Å². The largest absolute Gasteiger partial charge is 0.381 e. The van der Waals surface area contributed by atoms with Crippen LogP contribution in [0.4, 0.5) is 0 Å². The normalized spacial score (nSPS) is 22.6. The first-order valence-corrected chi connectivity index (χ1v) is 18.3. The Morgan fingerprint density at radius 1 is 1.04 bits per heavy atom. The number of carbonyl (C=O) groups is 2. The first kappa shape index (κ1) is 39.5. The van der Waals surface area contributed by atoms with Crippen molar-refractivity contribution < 1.29 is 14.3 Å². The second kappa shape index (κ2) is 21.3. The number of hydrogen-bond donors (Lipinski definition) is 2. The van der Waals surface area contributed by atoms with Gasteiger partial charge in [0, 0.05) is 48.8 Å². The second-order valence-electron chi connectivity index (χ2n) is 12.8. The Kier molecular flexibility index (Phi) is 17.2.